The van der Waals surface area contributed by atoms with Gasteiger partial charge >= 0.3 is 0 Å². The van der Waals surface area contributed by atoms with Gasteiger partial charge in [-0.15, -0.1) is 0 Å². The standard InChI is InChI=1S/C12H27NO/c1-6-11(10(3)4)13-12(5,7-2)8-9-14/h10-11,13-14H,6-9H2,1-5H3. The Hall–Kier alpha value is -0.0800. The van der Waals surface area contributed by atoms with Crippen molar-refractivity contribution < 1.29 is 5.11 Å². The van der Waals surface area contributed by atoms with Crippen LogP contribution in [0.15, 0.2) is 0 Å². The highest BCUT2D eigenvalue weighted by atomic mass is 16.3. The smallest absolute Gasteiger partial charge is 0.0448 e. The zero-order chi connectivity index (χ0) is 11.2. The van der Waals surface area contributed by atoms with Crippen LogP contribution in [0.25, 0.3) is 0 Å². The fourth-order valence-corrected chi connectivity index (χ4v) is 1.79. The minimum atomic E-state index is 0.0969. The summed E-state index contributed by atoms with van der Waals surface area (Å²) in [6, 6.07) is 0.562. The molecule has 0 fully saturated rings. The molecule has 2 N–H and O–H groups in total. The van der Waals surface area contributed by atoms with Crippen LogP contribution in [0.5, 0.6) is 0 Å². The number of hydrogen-bond acceptors (Lipinski definition) is 2. The van der Waals surface area contributed by atoms with Crippen LogP contribution in [0.3, 0.4) is 0 Å². The van der Waals surface area contributed by atoms with E-state index in [1.807, 2.05) is 0 Å². The van der Waals surface area contributed by atoms with Crippen molar-refractivity contribution in [2.24, 2.45) is 5.92 Å². The van der Waals surface area contributed by atoms with E-state index in [9.17, 15) is 0 Å². The molecule has 2 heteroatoms. The molecule has 0 radical (unpaired) electrons. The fourth-order valence-electron chi connectivity index (χ4n) is 1.79. The number of rotatable bonds is 7. The van der Waals surface area contributed by atoms with Gasteiger partial charge in [-0.1, -0.05) is 27.7 Å². The maximum absolute atomic E-state index is 9.02. The summed E-state index contributed by atoms with van der Waals surface area (Å²) < 4.78 is 0. The molecule has 0 aromatic heterocycles. The lowest BCUT2D eigenvalue weighted by atomic mass is 9.90. The summed E-state index contributed by atoms with van der Waals surface area (Å²) >= 11 is 0. The normalized spacial score (nSPS) is 18.2. The summed E-state index contributed by atoms with van der Waals surface area (Å²) in [5.41, 5.74) is 0.0969. The van der Waals surface area contributed by atoms with E-state index >= 15 is 0 Å². The molecule has 0 spiro atoms. The number of aliphatic hydroxyl groups excluding tert-OH is 1. The first-order valence-electron chi connectivity index (χ1n) is 5.87. The highest BCUT2D eigenvalue weighted by Gasteiger charge is 2.25. The number of nitrogens with one attached hydrogen (secondary N) is 1. The lowest BCUT2D eigenvalue weighted by Crippen LogP contribution is -2.50. The second-order valence-electron chi connectivity index (χ2n) is 4.79. The molecule has 2 nitrogen and oxygen atoms in total. The average Bonchev–Trinajstić information content (AvgIpc) is 2.14. The molecule has 86 valence electrons. The van der Waals surface area contributed by atoms with Crippen LogP contribution >= 0.6 is 0 Å². The Labute approximate surface area is 89.1 Å². The Morgan fingerprint density at radius 3 is 2.14 bits per heavy atom. The molecule has 0 saturated heterocycles. The highest BCUT2D eigenvalue weighted by Crippen LogP contribution is 2.18. The molecule has 0 rings (SSSR count). The summed E-state index contributed by atoms with van der Waals surface area (Å²) in [5, 5.41) is 12.7. The third-order valence-electron chi connectivity index (χ3n) is 3.22. The van der Waals surface area contributed by atoms with Gasteiger partial charge in [0.05, 0.1) is 0 Å². The minimum Gasteiger partial charge on any atom is -0.396 e. The largest absolute Gasteiger partial charge is 0.396 e. The minimum absolute atomic E-state index is 0.0969. The van der Waals surface area contributed by atoms with E-state index in [1.165, 1.54) is 0 Å². The molecule has 0 bridgehead atoms. The van der Waals surface area contributed by atoms with E-state index in [-0.39, 0.29) is 12.1 Å². The van der Waals surface area contributed by atoms with E-state index in [0.29, 0.717) is 12.0 Å². The predicted molar refractivity (Wildman–Crippen MR) is 62.5 cm³/mol. The van der Waals surface area contributed by atoms with Gasteiger partial charge in [0, 0.05) is 18.2 Å². The number of aliphatic hydroxyl groups is 1. The average molecular weight is 201 g/mol. The Kier molecular flexibility index (Phi) is 6.38. The van der Waals surface area contributed by atoms with Gasteiger partial charge in [0.2, 0.25) is 0 Å². The monoisotopic (exact) mass is 201 g/mol. The molecule has 0 aromatic rings. The van der Waals surface area contributed by atoms with Crippen molar-refractivity contribution in [2.45, 2.75) is 65.5 Å². The Bertz CT molecular complexity index is 147. The van der Waals surface area contributed by atoms with Crippen molar-refractivity contribution in [1.29, 1.82) is 0 Å². The van der Waals surface area contributed by atoms with E-state index in [2.05, 4.69) is 39.9 Å². The Morgan fingerprint density at radius 1 is 1.29 bits per heavy atom. The van der Waals surface area contributed by atoms with Gasteiger partial charge in [0.15, 0.2) is 0 Å². The van der Waals surface area contributed by atoms with Gasteiger partial charge in [0.25, 0.3) is 0 Å². The molecule has 14 heavy (non-hydrogen) atoms. The molecule has 2 unspecified atom stereocenters. The first-order chi connectivity index (χ1) is 6.49. The van der Waals surface area contributed by atoms with Crippen LogP contribution in [0.1, 0.15) is 53.9 Å². The Balaban J connectivity index is 4.26. The molecule has 0 aliphatic rings. The molecule has 0 saturated carbocycles. The van der Waals surface area contributed by atoms with Gasteiger partial charge in [0.1, 0.15) is 0 Å². The van der Waals surface area contributed by atoms with Crippen LogP contribution < -0.4 is 5.32 Å². The summed E-state index contributed by atoms with van der Waals surface area (Å²) in [7, 11) is 0. The summed E-state index contributed by atoms with van der Waals surface area (Å²) in [4.78, 5) is 0. The van der Waals surface area contributed by atoms with Gasteiger partial charge in [-0.3, -0.25) is 0 Å². The highest BCUT2D eigenvalue weighted by molar-refractivity contribution is 4.85. The molecular formula is C12H27NO. The molecular weight excluding hydrogens is 174 g/mol. The van der Waals surface area contributed by atoms with Crippen LogP contribution in [0, 0.1) is 5.92 Å². The first-order valence-corrected chi connectivity index (χ1v) is 5.87. The van der Waals surface area contributed by atoms with Gasteiger partial charge < -0.3 is 10.4 Å². The van der Waals surface area contributed by atoms with Gasteiger partial charge in [-0.05, 0) is 32.1 Å². The van der Waals surface area contributed by atoms with Crippen molar-refractivity contribution in [3.05, 3.63) is 0 Å². The second kappa shape index (κ2) is 6.41. The molecule has 0 aliphatic heterocycles. The van der Waals surface area contributed by atoms with Gasteiger partial charge in [-0.25, -0.2) is 0 Å². The van der Waals surface area contributed by atoms with E-state index in [4.69, 9.17) is 5.11 Å². The van der Waals surface area contributed by atoms with Crippen LogP contribution in [-0.4, -0.2) is 23.3 Å². The van der Waals surface area contributed by atoms with Crippen LogP contribution in [0.4, 0.5) is 0 Å². The number of hydrogen-bond donors (Lipinski definition) is 2. The molecule has 0 aliphatic carbocycles. The molecule has 2 atom stereocenters. The summed E-state index contributed by atoms with van der Waals surface area (Å²) in [6.07, 6.45) is 3.06. The van der Waals surface area contributed by atoms with E-state index < -0.39 is 0 Å². The third-order valence-corrected chi connectivity index (χ3v) is 3.22. The van der Waals surface area contributed by atoms with Crippen LogP contribution in [-0.2, 0) is 0 Å². The Morgan fingerprint density at radius 2 is 1.86 bits per heavy atom. The second-order valence-corrected chi connectivity index (χ2v) is 4.79. The van der Waals surface area contributed by atoms with Crippen molar-refractivity contribution in [2.75, 3.05) is 6.61 Å². The van der Waals surface area contributed by atoms with Crippen molar-refractivity contribution in [1.82, 2.24) is 5.32 Å². The zero-order valence-electron chi connectivity index (χ0n) is 10.4. The van der Waals surface area contributed by atoms with Crippen LogP contribution in [0.2, 0.25) is 0 Å². The topological polar surface area (TPSA) is 32.3 Å². The van der Waals surface area contributed by atoms with E-state index in [0.717, 1.165) is 19.3 Å². The maximum Gasteiger partial charge on any atom is 0.0448 e. The SMILES string of the molecule is CCC(NC(C)(CC)CCO)C(C)C. The molecule has 0 aromatic carbocycles. The first kappa shape index (κ1) is 13.9. The predicted octanol–water partition coefficient (Wildman–Crippen LogP) is 2.56. The lowest BCUT2D eigenvalue weighted by molar-refractivity contribution is 0.187. The molecule has 0 amide bonds. The quantitative estimate of drug-likeness (QED) is 0.663. The maximum atomic E-state index is 9.02. The third kappa shape index (κ3) is 4.43. The summed E-state index contributed by atoms with van der Waals surface area (Å²) in [5.74, 6) is 0.657. The van der Waals surface area contributed by atoms with Crippen molar-refractivity contribution in [3.63, 3.8) is 0 Å². The van der Waals surface area contributed by atoms with E-state index in [1.54, 1.807) is 0 Å². The fraction of sp³-hybridized carbons (Fsp3) is 1.00. The van der Waals surface area contributed by atoms with Crippen molar-refractivity contribution >= 4 is 0 Å². The van der Waals surface area contributed by atoms with Crippen molar-refractivity contribution in [3.8, 4) is 0 Å². The lowest BCUT2D eigenvalue weighted by Gasteiger charge is -2.35. The molecule has 0 heterocycles. The van der Waals surface area contributed by atoms with Gasteiger partial charge in [-0.2, -0.15) is 0 Å². The zero-order valence-corrected chi connectivity index (χ0v) is 10.4. The summed E-state index contributed by atoms with van der Waals surface area (Å²) in [6.45, 7) is 11.4.